The van der Waals surface area contributed by atoms with E-state index in [4.69, 9.17) is 0 Å². The molecule has 0 aromatic heterocycles. The third-order valence-electron chi connectivity index (χ3n) is 2.83. The van der Waals surface area contributed by atoms with Crippen LogP contribution in [0.2, 0.25) is 21.0 Å². The van der Waals surface area contributed by atoms with Gasteiger partial charge in [0.2, 0.25) is 0 Å². The second-order valence-electron chi connectivity index (χ2n) is 3.05. The van der Waals surface area contributed by atoms with Gasteiger partial charge >= 0.3 is 67.7 Å². The van der Waals surface area contributed by atoms with Gasteiger partial charge in [0.1, 0.15) is 0 Å². The van der Waals surface area contributed by atoms with E-state index in [1.807, 2.05) is 0 Å². The fourth-order valence-electron chi connectivity index (χ4n) is 1.49. The van der Waals surface area contributed by atoms with Crippen molar-refractivity contribution in [2.75, 3.05) is 0 Å². The zero-order chi connectivity index (χ0) is 8.04. The quantitative estimate of drug-likeness (QED) is 0.469. The van der Waals surface area contributed by atoms with Gasteiger partial charge in [0.15, 0.2) is 0 Å². The first-order valence-electron chi connectivity index (χ1n) is 4.35. The standard InChI is InChI=1S/C9H20Ge/c1-5-9-10(6-2,7-3)8-4/h5H,1,6-9H2,2-4H3. The molecule has 0 rings (SSSR count). The van der Waals surface area contributed by atoms with E-state index in [9.17, 15) is 0 Å². The molecule has 0 N–H and O–H groups in total. The van der Waals surface area contributed by atoms with Gasteiger partial charge in [0, 0.05) is 0 Å². The van der Waals surface area contributed by atoms with Gasteiger partial charge in [-0.25, -0.2) is 0 Å². The Balaban J connectivity index is 4.00. The first-order valence-corrected chi connectivity index (χ1v) is 10.3. The van der Waals surface area contributed by atoms with E-state index in [0.717, 1.165) is 0 Å². The predicted molar refractivity (Wildman–Crippen MR) is 52.2 cm³/mol. The molecule has 60 valence electrons. The molecule has 0 atom stereocenters. The molecule has 0 unspecified atom stereocenters. The summed E-state index contributed by atoms with van der Waals surface area (Å²) in [4.78, 5) is 0. The van der Waals surface area contributed by atoms with Gasteiger partial charge in [-0.3, -0.25) is 0 Å². The minimum absolute atomic E-state index is 1.32. The van der Waals surface area contributed by atoms with E-state index < -0.39 is 13.3 Å². The van der Waals surface area contributed by atoms with Gasteiger partial charge in [-0.15, -0.1) is 0 Å². The summed E-state index contributed by atoms with van der Waals surface area (Å²) in [5.74, 6) is 0. The molecule has 0 saturated carbocycles. The van der Waals surface area contributed by atoms with Gasteiger partial charge in [-0.2, -0.15) is 0 Å². The molecule has 0 aromatic rings. The van der Waals surface area contributed by atoms with Gasteiger partial charge in [-0.1, -0.05) is 0 Å². The molecule has 0 bridgehead atoms. The first kappa shape index (κ1) is 10.3. The topological polar surface area (TPSA) is 0 Å². The van der Waals surface area contributed by atoms with Crippen LogP contribution in [0.5, 0.6) is 0 Å². The first-order chi connectivity index (χ1) is 4.74. The molecule has 1 heteroatoms. The molecule has 0 aliphatic rings. The van der Waals surface area contributed by atoms with Crippen LogP contribution in [0, 0.1) is 0 Å². The maximum atomic E-state index is 3.84. The summed E-state index contributed by atoms with van der Waals surface area (Å²) in [5, 5.41) is 5.78. The number of allylic oxidation sites excluding steroid dienone is 1. The molecule has 0 heterocycles. The fraction of sp³-hybridized carbons (Fsp3) is 0.778. The average Bonchev–Trinajstić information content (AvgIpc) is 2.01. The van der Waals surface area contributed by atoms with Crippen molar-refractivity contribution in [1.29, 1.82) is 0 Å². The van der Waals surface area contributed by atoms with Gasteiger partial charge in [0.05, 0.1) is 0 Å². The number of rotatable bonds is 5. The molecule has 0 aliphatic heterocycles. The summed E-state index contributed by atoms with van der Waals surface area (Å²) in [6.07, 6.45) is 2.14. The Bertz CT molecular complexity index is 84.6. The van der Waals surface area contributed by atoms with E-state index in [1.54, 1.807) is 0 Å². The van der Waals surface area contributed by atoms with Crippen LogP contribution >= 0.6 is 0 Å². The molecule has 0 aromatic carbocycles. The molecule has 0 nitrogen and oxygen atoms in total. The summed E-state index contributed by atoms with van der Waals surface area (Å²) in [6.45, 7) is 10.9. The van der Waals surface area contributed by atoms with E-state index >= 15 is 0 Å². The van der Waals surface area contributed by atoms with Crippen LogP contribution in [0.1, 0.15) is 20.8 Å². The zero-order valence-electron chi connectivity index (χ0n) is 7.61. The summed E-state index contributed by atoms with van der Waals surface area (Å²) in [7, 11) is 0. The van der Waals surface area contributed by atoms with Gasteiger partial charge in [-0.05, 0) is 0 Å². The van der Waals surface area contributed by atoms with Crippen LogP contribution in [0.3, 0.4) is 0 Å². The average molecular weight is 201 g/mol. The molecule has 10 heavy (non-hydrogen) atoms. The monoisotopic (exact) mass is 202 g/mol. The second-order valence-corrected chi connectivity index (χ2v) is 14.7. The van der Waals surface area contributed by atoms with Gasteiger partial charge < -0.3 is 0 Å². The molecule has 0 fully saturated rings. The van der Waals surface area contributed by atoms with Crippen molar-refractivity contribution in [3.63, 3.8) is 0 Å². The molecule has 0 radical (unpaired) electrons. The Hall–Kier alpha value is 0.283. The van der Waals surface area contributed by atoms with Crippen molar-refractivity contribution >= 4 is 13.3 Å². The van der Waals surface area contributed by atoms with Crippen LogP contribution in [0.25, 0.3) is 0 Å². The van der Waals surface area contributed by atoms with Crippen molar-refractivity contribution in [3.05, 3.63) is 12.7 Å². The summed E-state index contributed by atoms with van der Waals surface area (Å²) in [6, 6.07) is 0. The van der Waals surface area contributed by atoms with Crippen molar-refractivity contribution in [1.82, 2.24) is 0 Å². The Morgan fingerprint density at radius 3 is 1.60 bits per heavy atom. The maximum absolute atomic E-state index is 3.84. The van der Waals surface area contributed by atoms with Crippen molar-refractivity contribution in [3.8, 4) is 0 Å². The fourth-order valence-corrected chi connectivity index (χ4v) is 7.74. The second kappa shape index (κ2) is 5.00. The Morgan fingerprint density at radius 1 is 1.10 bits per heavy atom. The molecular formula is C9H20Ge. The van der Waals surface area contributed by atoms with Crippen molar-refractivity contribution < 1.29 is 0 Å². The Morgan fingerprint density at radius 2 is 1.50 bits per heavy atom. The molecule has 0 aliphatic carbocycles. The van der Waals surface area contributed by atoms with E-state index in [-0.39, 0.29) is 0 Å². The van der Waals surface area contributed by atoms with E-state index in [2.05, 4.69) is 33.4 Å². The van der Waals surface area contributed by atoms with Crippen LogP contribution in [-0.4, -0.2) is 13.3 Å². The molecule has 0 saturated heterocycles. The Kier molecular flexibility index (Phi) is 5.14. The normalized spacial score (nSPS) is 11.5. The van der Waals surface area contributed by atoms with Crippen molar-refractivity contribution in [2.24, 2.45) is 0 Å². The van der Waals surface area contributed by atoms with E-state index in [0.29, 0.717) is 0 Å². The summed E-state index contributed by atoms with van der Waals surface area (Å²) in [5.41, 5.74) is 0. The summed E-state index contributed by atoms with van der Waals surface area (Å²) >= 11 is -1.32. The SMILES string of the molecule is C=C[CH2][Ge]([CH2]C)([CH2]C)[CH2]C. The summed E-state index contributed by atoms with van der Waals surface area (Å²) < 4.78 is 0. The number of hydrogen-bond donors (Lipinski definition) is 0. The van der Waals surface area contributed by atoms with Crippen LogP contribution < -0.4 is 0 Å². The van der Waals surface area contributed by atoms with E-state index in [1.165, 1.54) is 21.0 Å². The predicted octanol–water partition coefficient (Wildman–Crippen LogP) is 3.68. The van der Waals surface area contributed by atoms with Gasteiger partial charge in [0.25, 0.3) is 0 Å². The molecule has 0 amide bonds. The third kappa shape index (κ3) is 2.49. The van der Waals surface area contributed by atoms with Crippen LogP contribution in [0.15, 0.2) is 12.7 Å². The third-order valence-corrected chi connectivity index (χ3v) is 14.7. The molecular weight excluding hydrogens is 181 g/mol. The van der Waals surface area contributed by atoms with Crippen LogP contribution in [-0.2, 0) is 0 Å². The van der Waals surface area contributed by atoms with Crippen molar-refractivity contribution in [2.45, 2.75) is 41.8 Å². The van der Waals surface area contributed by atoms with Crippen LogP contribution in [0.4, 0.5) is 0 Å². The minimum atomic E-state index is -1.32. The number of hydrogen-bond acceptors (Lipinski definition) is 0. The Labute approximate surface area is 68.1 Å². The zero-order valence-corrected chi connectivity index (χ0v) is 9.71. The molecule has 0 spiro atoms.